The van der Waals surface area contributed by atoms with E-state index in [0.717, 1.165) is 28.7 Å². The van der Waals surface area contributed by atoms with Crippen LogP contribution in [0.5, 0.6) is 0 Å². The Balaban J connectivity index is 2.10. The van der Waals surface area contributed by atoms with E-state index in [1.807, 2.05) is 12.1 Å². The molecule has 19 heavy (non-hydrogen) atoms. The third-order valence-electron chi connectivity index (χ3n) is 3.90. The molecule has 0 bridgehead atoms. The number of nitrogens with two attached hydrogens (primary N) is 1. The summed E-state index contributed by atoms with van der Waals surface area (Å²) in [7, 11) is 0. The van der Waals surface area contributed by atoms with Gasteiger partial charge in [0.2, 0.25) is 0 Å². The van der Waals surface area contributed by atoms with Gasteiger partial charge in [0.1, 0.15) is 0 Å². The van der Waals surface area contributed by atoms with Gasteiger partial charge in [-0.1, -0.05) is 49.4 Å². The summed E-state index contributed by atoms with van der Waals surface area (Å²) in [6.07, 6.45) is 5.06. The molecule has 1 aliphatic heterocycles. The lowest BCUT2D eigenvalue weighted by molar-refractivity contribution is 0.215. The summed E-state index contributed by atoms with van der Waals surface area (Å²) in [5.74, 6) is 0. The Morgan fingerprint density at radius 2 is 1.95 bits per heavy atom. The lowest BCUT2D eigenvalue weighted by Crippen LogP contribution is -2.29. The molecule has 1 unspecified atom stereocenters. The van der Waals surface area contributed by atoms with Crippen LogP contribution in [0.25, 0.3) is 0 Å². The molecule has 0 saturated carbocycles. The van der Waals surface area contributed by atoms with Crippen molar-refractivity contribution in [3.63, 3.8) is 0 Å². The number of hydrogen-bond acceptors (Lipinski definition) is 2. The largest absolute Gasteiger partial charge is 0.329 e. The summed E-state index contributed by atoms with van der Waals surface area (Å²) in [6, 6.07) is 3.99. The Labute approximate surface area is 125 Å². The molecule has 2 N–H and O–H groups in total. The topological polar surface area (TPSA) is 29.3 Å². The van der Waals surface area contributed by atoms with Crippen LogP contribution in [-0.4, -0.2) is 18.0 Å². The predicted molar refractivity (Wildman–Crippen MR) is 82.8 cm³/mol. The molecule has 0 amide bonds. The van der Waals surface area contributed by atoms with E-state index >= 15 is 0 Å². The molecular formula is C15H22Cl2N2. The van der Waals surface area contributed by atoms with Crippen LogP contribution in [0.1, 0.15) is 49.8 Å². The Bertz CT molecular complexity index is 434. The third-order valence-corrected chi connectivity index (χ3v) is 4.59. The summed E-state index contributed by atoms with van der Waals surface area (Å²) < 4.78 is 0. The fraction of sp³-hybridized carbons (Fsp3) is 0.600. The zero-order valence-electron chi connectivity index (χ0n) is 11.5. The van der Waals surface area contributed by atoms with Crippen LogP contribution in [0.4, 0.5) is 0 Å². The second kappa shape index (κ2) is 6.94. The molecule has 1 aromatic rings. The third kappa shape index (κ3) is 3.25. The van der Waals surface area contributed by atoms with E-state index in [-0.39, 0.29) is 6.04 Å². The lowest BCUT2D eigenvalue weighted by Gasteiger charge is -2.24. The first-order valence-electron chi connectivity index (χ1n) is 7.10. The SMILES string of the molecule is CCCCCCN1Cc2c(Cl)ccc(Cl)c2C1CN. The quantitative estimate of drug-likeness (QED) is 0.790. The van der Waals surface area contributed by atoms with Gasteiger partial charge in [0.15, 0.2) is 0 Å². The first-order chi connectivity index (χ1) is 9.19. The van der Waals surface area contributed by atoms with Crippen molar-refractivity contribution in [2.75, 3.05) is 13.1 Å². The monoisotopic (exact) mass is 300 g/mol. The maximum Gasteiger partial charge on any atom is 0.0492 e. The van der Waals surface area contributed by atoms with Gasteiger partial charge in [-0.15, -0.1) is 0 Å². The summed E-state index contributed by atoms with van der Waals surface area (Å²) >= 11 is 12.6. The van der Waals surface area contributed by atoms with Gasteiger partial charge < -0.3 is 5.73 Å². The molecule has 1 heterocycles. The number of benzene rings is 1. The lowest BCUT2D eigenvalue weighted by atomic mass is 10.0. The van der Waals surface area contributed by atoms with Crippen molar-refractivity contribution in [1.82, 2.24) is 4.90 Å². The van der Waals surface area contributed by atoms with Crippen molar-refractivity contribution in [3.05, 3.63) is 33.3 Å². The van der Waals surface area contributed by atoms with Gasteiger partial charge in [-0.05, 0) is 36.2 Å². The summed E-state index contributed by atoms with van der Waals surface area (Å²) in [5.41, 5.74) is 8.26. The van der Waals surface area contributed by atoms with Crippen molar-refractivity contribution < 1.29 is 0 Å². The van der Waals surface area contributed by atoms with Gasteiger partial charge in [0, 0.05) is 29.2 Å². The summed E-state index contributed by atoms with van der Waals surface area (Å²) in [4.78, 5) is 2.41. The predicted octanol–water partition coefficient (Wildman–Crippen LogP) is 4.39. The smallest absolute Gasteiger partial charge is 0.0492 e. The Morgan fingerprint density at radius 3 is 2.63 bits per heavy atom. The van der Waals surface area contributed by atoms with Crippen LogP contribution in [-0.2, 0) is 6.54 Å². The average molecular weight is 301 g/mol. The Hall–Kier alpha value is -0.280. The number of nitrogens with zero attached hydrogens (tertiary/aromatic N) is 1. The molecule has 1 aliphatic rings. The highest BCUT2D eigenvalue weighted by Crippen LogP contribution is 2.41. The van der Waals surface area contributed by atoms with Gasteiger partial charge in [-0.3, -0.25) is 4.90 Å². The van der Waals surface area contributed by atoms with E-state index in [4.69, 9.17) is 28.9 Å². The molecule has 0 spiro atoms. The van der Waals surface area contributed by atoms with Crippen molar-refractivity contribution in [2.45, 2.75) is 45.2 Å². The zero-order valence-corrected chi connectivity index (χ0v) is 13.0. The minimum Gasteiger partial charge on any atom is -0.329 e. The molecule has 0 aromatic heterocycles. The normalized spacial score (nSPS) is 18.8. The van der Waals surface area contributed by atoms with Crippen LogP contribution in [0.3, 0.4) is 0 Å². The van der Waals surface area contributed by atoms with Crippen LogP contribution >= 0.6 is 23.2 Å². The van der Waals surface area contributed by atoms with Gasteiger partial charge in [0.05, 0.1) is 0 Å². The van der Waals surface area contributed by atoms with Crippen LogP contribution < -0.4 is 5.73 Å². The van der Waals surface area contributed by atoms with E-state index in [9.17, 15) is 0 Å². The van der Waals surface area contributed by atoms with Gasteiger partial charge in [0.25, 0.3) is 0 Å². The van der Waals surface area contributed by atoms with Crippen LogP contribution in [0, 0.1) is 0 Å². The Kier molecular flexibility index (Phi) is 5.52. The molecule has 0 aliphatic carbocycles. The van der Waals surface area contributed by atoms with E-state index in [1.165, 1.54) is 31.2 Å². The van der Waals surface area contributed by atoms with Gasteiger partial charge >= 0.3 is 0 Å². The van der Waals surface area contributed by atoms with Crippen LogP contribution in [0.2, 0.25) is 10.0 Å². The minimum absolute atomic E-state index is 0.225. The van der Waals surface area contributed by atoms with Gasteiger partial charge in [-0.2, -0.15) is 0 Å². The molecule has 0 fully saturated rings. The first kappa shape index (κ1) is 15.1. The zero-order chi connectivity index (χ0) is 13.8. The molecule has 0 saturated heterocycles. The molecule has 0 radical (unpaired) electrons. The van der Waals surface area contributed by atoms with Crippen molar-refractivity contribution in [2.24, 2.45) is 5.73 Å². The highest BCUT2D eigenvalue weighted by Gasteiger charge is 2.32. The Morgan fingerprint density at radius 1 is 1.21 bits per heavy atom. The molecule has 1 aromatic carbocycles. The standard InChI is InChI=1S/C15H22Cl2N2/c1-2-3-4-5-8-19-10-11-12(16)6-7-13(17)15(11)14(19)9-18/h6-7,14H,2-5,8-10,18H2,1H3. The average Bonchev–Trinajstić information content (AvgIpc) is 2.79. The summed E-state index contributed by atoms with van der Waals surface area (Å²) in [5, 5.41) is 1.61. The second-order valence-corrected chi connectivity index (χ2v) is 6.02. The fourth-order valence-electron chi connectivity index (χ4n) is 2.87. The van der Waals surface area contributed by atoms with Gasteiger partial charge in [-0.25, -0.2) is 0 Å². The van der Waals surface area contributed by atoms with E-state index in [0.29, 0.717) is 6.54 Å². The number of unbranched alkanes of at least 4 members (excludes halogenated alkanes) is 3. The summed E-state index contributed by atoms with van der Waals surface area (Å²) in [6.45, 7) is 4.78. The second-order valence-electron chi connectivity index (χ2n) is 5.20. The molecule has 2 nitrogen and oxygen atoms in total. The van der Waals surface area contributed by atoms with Crippen molar-refractivity contribution in [3.8, 4) is 0 Å². The van der Waals surface area contributed by atoms with E-state index < -0.39 is 0 Å². The van der Waals surface area contributed by atoms with Crippen molar-refractivity contribution >= 4 is 23.2 Å². The highest BCUT2D eigenvalue weighted by atomic mass is 35.5. The minimum atomic E-state index is 0.225. The maximum atomic E-state index is 6.32. The van der Waals surface area contributed by atoms with E-state index in [2.05, 4.69) is 11.8 Å². The number of fused-ring (bicyclic) bond motifs is 1. The van der Waals surface area contributed by atoms with E-state index in [1.54, 1.807) is 0 Å². The molecule has 2 rings (SSSR count). The molecule has 1 atom stereocenters. The van der Waals surface area contributed by atoms with Crippen LogP contribution in [0.15, 0.2) is 12.1 Å². The maximum absolute atomic E-state index is 6.32. The molecular weight excluding hydrogens is 279 g/mol. The molecule has 106 valence electrons. The van der Waals surface area contributed by atoms with Crippen molar-refractivity contribution in [1.29, 1.82) is 0 Å². The fourth-order valence-corrected chi connectivity index (χ4v) is 3.40. The number of hydrogen-bond donors (Lipinski definition) is 1. The first-order valence-corrected chi connectivity index (χ1v) is 7.85. The highest BCUT2D eigenvalue weighted by molar-refractivity contribution is 6.34. The number of halogens is 2. The number of rotatable bonds is 6. The molecule has 4 heteroatoms.